The number of nitrogens with zero attached hydrogens (tertiary/aromatic N) is 1. The van der Waals surface area contributed by atoms with Gasteiger partial charge in [0.2, 0.25) is 10.0 Å². The van der Waals surface area contributed by atoms with Crippen LogP contribution < -0.4 is 5.11 Å². The molecule has 35 heavy (non-hydrogen) atoms. The summed E-state index contributed by atoms with van der Waals surface area (Å²) < 4.78 is 206. The first kappa shape index (κ1) is 33.4. The van der Waals surface area contributed by atoms with Gasteiger partial charge in [-0.3, -0.25) is 0 Å². The van der Waals surface area contributed by atoms with Crippen molar-refractivity contribution in [3.05, 3.63) is 0 Å². The summed E-state index contributed by atoms with van der Waals surface area (Å²) in [5, 5.41) is 10.6. The molecule has 0 unspecified atom stereocenters. The van der Waals surface area contributed by atoms with Crippen LogP contribution in [0.4, 0.5) is 61.5 Å². The third kappa shape index (κ3) is 7.69. The van der Waals surface area contributed by atoms with E-state index in [0.717, 1.165) is 6.92 Å². The molecule has 0 radical (unpaired) electrons. The topological polar surface area (TPSA) is 77.5 Å². The molecule has 0 aromatic rings. The zero-order valence-electron chi connectivity index (χ0n) is 17.1. The summed E-state index contributed by atoms with van der Waals surface area (Å²) in [4.78, 5) is 10.6. The first-order valence-corrected chi connectivity index (χ1v) is 10.6. The highest BCUT2D eigenvalue weighted by Gasteiger charge is 2.75. The maximum atomic E-state index is 14.1. The average molecular weight is 572 g/mol. The van der Waals surface area contributed by atoms with Crippen LogP contribution in [0.15, 0.2) is 0 Å². The third-order valence-electron chi connectivity index (χ3n) is 4.77. The van der Waals surface area contributed by atoms with Crippen molar-refractivity contribution < 1.29 is 79.8 Å². The molecule has 0 aromatic heterocycles. The standard InChI is InChI=1S/C15H17F14NO4S/c1-2-30(7-9(31)32)35(33,34)4-3-8(5-10(16,12(18,19)20)13(21,22)23)6-11(17,14(24,25)26)15(27,28)29/h8H,2-7H2,1H3,(H,31,32)/p-1. The van der Waals surface area contributed by atoms with Crippen LogP contribution in [0.25, 0.3) is 0 Å². The SMILES string of the molecule is CCN(CC(=O)[O-])S(=O)(=O)CCC(CC(F)(C(F)(F)F)C(F)(F)F)CC(F)(C(F)(F)F)C(F)(F)F. The molecule has 0 heterocycles. The van der Waals surface area contributed by atoms with E-state index in [1.54, 1.807) is 0 Å². The van der Waals surface area contributed by atoms with Crippen LogP contribution in [0.5, 0.6) is 0 Å². The van der Waals surface area contributed by atoms with E-state index in [9.17, 15) is 79.8 Å². The van der Waals surface area contributed by atoms with E-state index in [-0.39, 0.29) is 4.31 Å². The minimum absolute atomic E-state index is 0.0359. The van der Waals surface area contributed by atoms with Gasteiger partial charge < -0.3 is 9.90 Å². The fourth-order valence-corrected chi connectivity index (χ4v) is 4.44. The van der Waals surface area contributed by atoms with Crippen molar-refractivity contribution in [2.75, 3.05) is 18.8 Å². The Morgan fingerprint density at radius 3 is 1.29 bits per heavy atom. The van der Waals surface area contributed by atoms with Gasteiger partial charge in [-0.1, -0.05) is 6.92 Å². The predicted molar refractivity (Wildman–Crippen MR) is 85.3 cm³/mol. The quantitative estimate of drug-likeness (QED) is 0.353. The summed E-state index contributed by atoms with van der Waals surface area (Å²) in [6.07, 6.45) is -36.3. The highest BCUT2D eigenvalue weighted by atomic mass is 32.2. The highest BCUT2D eigenvalue weighted by Crippen LogP contribution is 2.54. The molecule has 0 spiro atoms. The number of halogens is 14. The van der Waals surface area contributed by atoms with Crippen molar-refractivity contribution >= 4 is 16.0 Å². The van der Waals surface area contributed by atoms with Gasteiger partial charge in [0.15, 0.2) is 0 Å². The van der Waals surface area contributed by atoms with E-state index in [0.29, 0.717) is 0 Å². The van der Waals surface area contributed by atoms with Gasteiger partial charge >= 0.3 is 24.7 Å². The molecule has 210 valence electrons. The van der Waals surface area contributed by atoms with E-state index in [1.807, 2.05) is 0 Å². The van der Waals surface area contributed by atoms with Gasteiger partial charge in [-0.25, -0.2) is 17.2 Å². The maximum Gasteiger partial charge on any atom is 0.431 e. The van der Waals surface area contributed by atoms with Gasteiger partial charge in [0.1, 0.15) is 0 Å². The number of carbonyl (C=O) groups excluding carboxylic acids is 1. The molecule has 0 aliphatic carbocycles. The predicted octanol–water partition coefficient (Wildman–Crippen LogP) is 3.84. The van der Waals surface area contributed by atoms with Crippen LogP contribution in [-0.4, -0.2) is 73.6 Å². The number of alkyl halides is 14. The molecule has 0 bridgehead atoms. The molecular weight excluding hydrogens is 556 g/mol. The van der Waals surface area contributed by atoms with Crippen LogP contribution in [0.2, 0.25) is 0 Å². The fraction of sp³-hybridized carbons (Fsp3) is 0.933. The summed E-state index contributed by atoms with van der Waals surface area (Å²) in [5.41, 5.74) is -12.9. The number of carbonyl (C=O) groups is 1. The molecule has 0 aromatic carbocycles. The van der Waals surface area contributed by atoms with E-state index in [1.165, 1.54) is 0 Å². The van der Waals surface area contributed by atoms with Gasteiger partial charge in [-0.2, -0.15) is 57.0 Å². The first-order chi connectivity index (χ1) is 15.2. The van der Waals surface area contributed by atoms with Crippen LogP contribution in [-0.2, 0) is 14.8 Å². The smallest absolute Gasteiger partial charge is 0.431 e. The molecule has 0 amide bonds. The monoisotopic (exact) mass is 572 g/mol. The summed E-state index contributed by atoms with van der Waals surface area (Å²) in [5.74, 6) is -7.40. The molecule has 0 atom stereocenters. The zero-order valence-corrected chi connectivity index (χ0v) is 17.9. The lowest BCUT2D eigenvalue weighted by Crippen LogP contribution is -2.57. The Labute approximate surface area is 188 Å². The molecule has 0 N–H and O–H groups in total. The van der Waals surface area contributed by atoms with Gasteiger partial charge in [0.05, 0.1) is 18.3 Å². The van der Waals surface area contributed by atoms with Crippen LogP contribution in [0, 0.1) is 5.92 Å². The number of likely N-dealkylation sites (N-methyl/N-ethyl adjacent to an activating group) is 1. The lowest BCUT2D eigenvalue weighted by molar-refractivity contribution is -0.356. The minimum Gasteiger partial charge on any atom is -0.549 e. The Kier molecular flexibility index (Phi) is 9.93. The van der Waals surface area contributed by atoms with Gasteiger partial charge in [-0.15, -0.1) is 0 Å². The Morgan fingerprint density at radius 1 is 0.743 bits per heavy atom. The van der Waals surface area contributed by atoms with Crippen molar-refractivity contribution in [1.82, 2.24) is 4.31 Å². The van der Waals surface area contributed by atoms with Crippen LogP contribution >= 0.6 is 0 Å². The van der Waals surface area contributed by atoms with E-state index >= 15 is 0 Å². The number of hydrogen-bond donors (Lipinski definition) is 0. The van der Waals surface area contributed by atoms with Gasteiger partial charge in [0, 0.05) is 19.4 Å². The summed E-state index contributed by atoms with van der Waals surface area (Å²) in [6.45, 7) is -1.24. The van der Waals surface area contributed by atoms with E-state index in [4.69, 9.17) is 0 Å². The van der Waals surface area contributed by atoms with Gasteiger partial charge in [0.25, 0.3) is 11.3 Å². The molecule has 0 fully saturated rings. The molecule has 20 heteroatoms. The van der Waals surface area contributed by atoms with Gasteiger partial charge in [-0.05, 0) is 12.3 Å². The summed E-state index contributed by atoms with van der Waals surface area (Å²) in [6, 6.07) is 0. The van der Waals surface area contributed by atoms with Crippen LogP contribution in [0.1, 0.15) is 26.2 Å². The van der Waals surface area contributed by atoms with Crippen molar-refractivity contribution in [3.8, 4) is 0 Å². The number of hydrogen-bond acceptors (Lipinski definition) is 4. The molecule has 0 saturated carbocycles. The zero-order chi connectivity index (χ0) is 28.5. The first-order valence-electron chi connectivity index (χ1n) is 8.98. The largest absolute Gasteiger partial charge is 0.549 e. The Morgan fingerprint density at radius 2 is 1.06 bits per heavy atom. The Hall–Kier alpha value is -1.60. The number of carboxylic acid groups (broad SMARTS) is 1. The molecule has 0 aliphatic heterocycles. The van der Waals surface area contributed by atoms with E-state index < -0.39 is 96.1 Å². The van der Waals surface area contributed by atoms with Crippen molar-refractivity contribution in [2.24, 2.45) is 5.92 Å². The molecule has 0 rings (SSSR count). The molecule has 0 saturated heterocycles. The van der Waals surface area contributed by atoms with Crippen LogP contribution in [0.3, 0.4) is 0 Å². The molecule has 5 nitrogen and oxygen atoms in total. The summed E-state index contributed by atoms with van der Waals surface area (Å²) in [7, 11) is -5.07. The lowest BCUT2D eigenvalue weighted by Gasteiger charge is -2.37. The lowest BCUT2D eigenvalue weighted by atomic mass is 9.81. The number of sulfonamides is 1. The maximum absolute atomic E-state index is 14.1. The van der Waals surface area contributed by atoms with Crippen molar-refractivity contribution in [2.45, 2.75) is 62.2 Å². The second kappa shape index (κ2) is 10.4. The average Bonchev–Trinajstić information content (AvgIpc) is 2.59. The Bertz CT molecular complexity index is 763. The van der Waals surface area contributed by atoms with Crippen molar-refractivity contribution in [1.29, 1.82) is 0 Å². The molecular formula is C15H16F14NO4S-. The Balaban J connectivity index is 6.53. The minimum atomic E-state index is -6.96. The summed E-state index contributed by atoms with van der Waals surface area (Å²) >= 11 is 0. The normalized spacial score (nSPS) is 15.2. The fourth-order valence-electron chi connectivity index (χ4n) is 2.85. The second-order valence-electron chi connectivity index (χ2n) is 7.27. The number of carboxylic acids is 1. The van der Waals surface area contributed by atoms with E-state index in [2.05, 4.69) is 0 Å². The van der Waals surface area contributed by atoms with Crippen molar-refractivity contribution in [3.63, 3.8) is 0 Å². The number of aliphatic carboxylic acids is 1. The number of rotatable bonds is 11. The third-order valence-corrected chi connectivity index (χ3v) is 6.70. The molecule has 0 aliphatic rings. The second-order valence-corrected chi connectivity index (χ2v) is 9.36. The highest BCUT2D eigenvalue weighted by molar-refractivity contribution is 7.89.